The summed E-state index contributed by atoms with van der Waals surface area (Å²) in [6, 6.07) is 13.9. The molecule has 0 bridgehead atoms. The fourth-order valence-corrected chi connectivity index (χ4v) is 3.84. The second kappa shape index (κ2) is 8.50. The number of halogens is 1. The van der Waals surface area contributed by atoms with E-state index in [4.69, 9.17) is 4.74 Å². The number of ether oxygens (including phenoxy) is 1. The average molecular weight is 404 g/mol. The molecule has 1 fully saturated rings. The van der Waals surface area contributed by atoms with E-state index in [0.717, 1.165) is 15.8 Å². The van der Waals surface area contributed by atoms with Crippen LogP contribution in [-0.2, 0) is 0 Å². The van der Waals surface area contributed by atoms with Gasteiger partial charge in [0, 0.05) is 29.1 Å². The summed E-state index contributed by atoms with van der Waals surface area (Å²) < 4.78 is 6.50. The first-order valence-electron chi connectivity index (χ1n) is 8.65. The Labute approximate surface area is 157 Å². The van der Waals surface area contributed by atoms with Crippen LogP contribution >= 0.6 is 15.9 Å². The lowest BCUT2D eigenvalue weighted by molar-refractivity contribution is -0.918. The zero-order chi connectivity index (χ0) is 17.6. The van der Waals surface area contributed by atoms with Crippen molar-refractivity contribution < 1.29 is 14.7 Å². The van der Waals surface area contributed by atoms with Gasteiger partial charge in [-0.3, -0.25) is 4.99 Å². The summed E-state index contributed by atoms with van der Waals surface area (Å²) in [5.74, 6) is 1.17. The molecule has 1 aliphatic heterocycles. The van der Waals surface area contributed by atoms with Crippen molar-refractivity contribution in [3.8, 4) is 11.5 Å². The smallest absolute Gasteiger partial charge is 0.136 e. The second-order valence-electron chi connectivity index (χ2n) is 6.36. The van der Waals surface area contributed by atoms with Gasteiger partial charge in [0.15, 0.2) is 0 Å². The van der Waals surface area contributed by atoms with Crippen molar-refractivity contribution in [3.05, 3.63) is 58.1 Å². The molecule has 0 aromatic heterocycles. The number of quaternary nitrogens is 1. The average Bonchev–Trinajstić information content (AvgIpc) is 3.16. The SMILES string of the molecule is COc1ccccc1[C@H](CN=Cc1cc(Br)ccc1O)[NH+]1CCCC1. The summed E-state index contributed by atoms with van der Waals surface area (Å²) >= 11 is 3.43. The monoisotopic (exact) mass is 403 g/mol. The van der Waals surface area contributed by atoms with E-state index in [1.807, 2.05) is 24.3 Å². The molecule has 0 amide bonds. The Balaban J connectivity index is 1.83. The molecule has 0 saturated carbocycles. The topological polar surface area (TPSA) is 46.3 Å². The minimum absolute atomic E-state index is 0.245. The highest BCUT2D eigenvalue weighted by Gasteiger charge is 2.29. The Morgan fingerprint density at radius 1 is 1.24 bits per heavy atom. The van der Waals surface area contributed by atoms with Crippen LogP contribution < -0.4 is 9.64 Å². The van der Waals surface area contributed by atoms with Crippen LogP contribution in [0.25, 0.3) is 0 Å². The van der Waals surface area contributed by atoms with E-state index < -0.39 is 0 Å². The van der Waals surface area contributed by atoms with Crippen molar-refractivity contribution in [3.63, 3.8) is 0 Å². The summed E-state index contributed by atoms with van der Waals surface area (Å²) in [7, 11) is 1.72. The molecule has 4 nitrogen and oxygen atoms in total. The van der Waals surface area contributed by atoms with E-state index >= 15 is 0 Å². The van der Waals surface area contributed by atoms with Gasteiger partial charge in [-0.05, 0) is 30.3 Å². The number of phenolic OH excluding ortho intramolecular Hbond substituents is 1. The van der Waals surface area contributed by atoms with Crippen LogP contribution in [0.4, 0.5) is 0 Å². The Bertz CT molecular complexity index is 742. The standard InChI is InChI=1S/C20H23BrN2O2/c1-25-20-7-3-2-6-17(20)18(23-10-4-5-11-23)14-22-13-15-12-16(21)8-9-19(15)24/h2-3,6-9,12-13,18,24H,4-5,10-11,14H2,1H3/p+1/t18-/m0/s1. The lowest BCUT2D eigenvalue weighted by Crippen LogP contribution is -3.10. The predicted molar refractivity (Wildman–Crippen MR) is 104 cm³/mol. The lowest BCUT2D eigenvalue weighted by atomic mass is 10.0. The summed E-state index contributed by atoms with van der Waals surface area (Å²) in [6.45, 7) is 3.00. The van der Waals surface area contributed by atoms with Crippen molar-refractivity contribution in [2.75, 3.05) is 26.7 Å². The van der Waals surface area contributed by atoms with Crippen molar-refractivity contribution in [1.82, 2.24) is 0 Å². The first kappa shape index (κ1) is 18.0. The van der Waals surface area contributed by atoms with E-state index in [1.54, 1.807) is 24.3 Å². The number of hydrogen-bond acceptors (Lipinski definition) is 3. The Morgan fingerprint density at radius 3 is 2.76 bits per heavy atom. The first-order valence-corrected chi connectivity index (χ1v) is 9.44. The normalized spacial score (nSPS) is 16.4. The van der Waals surface area contributed by atoms with Crippen molar-refractivity contribution >= 4 is 22.1 Å². The predicted octanol–water partition coefficient (Wildman–Crippen LogP) is 3.00. The maximum absolute atomic E-state index is 9.97. The highest BCUT2D eigenvalue weighted by Crippen LogP contribution is 2.24. The number of rotatable bonds is 6. The second-order valence-corrected chi connectivity index (χ2v) is 7.27. The third-order valence-electron chi connectivity index (χ3n) is 4.76. The quantitative estimate of drug-likeness (QED) is 0.728. The van der Waals surface area contributed by atoms with E-state index in [2.05, 4.69) is 33.1 Å². The third kappa shape index (κ3) is 4.41. The minimum Gasteiger partial charge on any atom is -0.507 e. The number of aliphatic imine (C=N–C) groups is 1. The van der Waals surface area contributed by atoms with E-state index in [0.29, 0.717) is 6.54 Å². The summed E-state index contributed by atoms with van der Waals surface area (Å²) in [4.78, 5) is 6.21. The fraction of sp³-hybridized carbons (Fsp3) is 0.350. The molecule has 2 aromatic rings. The molecule has 1 heterocycles. The fourth-order valence-electron chi connectivity index (χ4n) is 3.46. The number of nitrogens with one attached hydrogen (secondary N) is 1. The molecule has 2 N–H and O–H groups in total. The van der Waals surface area contributed by atoms with Gasteiger partial charge in [0.1, 0.15) is 17.5 Å². The Hall–Kier alpha value is -1.85. The molecule has 0 radical (unpaired) electrons. The van der Waals surface area contributed by atoms with Crippen LogP contribution in [0.1, 0.15) is 30.0 Å². The molecular formula is C20H24BrN2O2+. The minimum atomic E-state index is 0.245. The number of hydrogen-bond donors (Lipinski definition) is 2. The van der Waals surface area contributed by atoms with Gasteiger partial charge >= 0.3 is 0 Å². The van der Waals surface area contributed by atoms with Gasteiger partial charge in [-0.1, -0.05) is 28.1 Å². The largest absolute Gasteiger partial charge is 0.507 e. The number of methoxy groups -OCH3 is 1. The number of para-hydroxylation sites is 1. The van der Waals surface area contributed by atoms with Crippen LogP contribution in [0.5, 0.6) is 11.5 Å². The molecule has 0 unspecified atom stereocenters. The van der Waals surface area contributed by atoms with Crippen LogP contribution in [0.3, 0.4) is 0 Å². The van der Waals surface area contributed by atoms with Crippen LogP contribution in [0, 0.1) is 0 Å². The highest BCUT2D eigenvalue weighted by atomic mass is 79.9. The molecule has 2 aromatic carbocycles. The number of likely N-dealkylation sites (tertiary alicyclic amines) is 1. The number of phenols is 1. The van der Waals surface area contributed by atoms with Crippen LogP contribution in [0.15, 0.2) is 51.9 Å². The van der Waals surface area contributed by atoms with Gasteiger partial charge in [-0.2, -0.15) is 0 Å². The molecule has 132 valence electrons. The molecule has 0 spiro atoms. The van der Waals surface area contributed by atoms with E-state index in [1.165, 1.54) is 31.5 Å². The molecule has 1 aliphatic rings. The van der Waals surface area contributed by atoms with Crippen molar-refractivity contribution in [1.29, 1.82) is 0 Å². The lowest BCUT2D eigenvalue weighted by Gasteiger charge is -2.25. The van der Waals surface area contributed by atoms with Crippen molar-refractivity contribution in [2.24, 2.45) is 4.99 Å². The van der Waals surface area contributed by atoms with Gasteiger partial charge in [-0.25, -0.2) is 0 Å². The molecule has 1 saturated heterocycles. The number of benzene rings is 2. The third-order valence-corrected chi connectivity index (χ3v) is 5.25. The number of aromatic hydroxyl groups is 1. The zero-order valence-electron chi connectivity index (χ0n) is 14.4. The van der Waals surface area contributed by atoms with Gasteiger partial charge in [0.2, 0.25) is 0 Å². The zero-order valence-corrected chi connectivity index (χ0v) is 16.0. The summed E-state index contributed by atoms with van der Waals surface area (Å²) in [6.07, 6.45) is 4.28. The molecule has 5 heteroatoms. The molecule has 3 rings (SSSR count). The number of nitrogens with zero attached hydrogens (tertiary/aromatic N) is 1. The van der Waals surface area contributed by atoms with E-state index in [9.17, 15) is 5.11 Å². The van der Waals surface area contributed by atoms with Gasteiger partial charge in [0.05, 0.1) is 32.3 Å². The highest BCUT2D eigenvalue weighted by molar-refractivity contribution is 9.10. The maximum Gasteiger partial charge on any atom is 0.136 e. The summed E-state index contributed by atoms with van der Waals surface area (Å²) in [5, 5.41) is 9.97. The maximum atomic E-state index is 9.97. The Kier molecular flexibility index (Phi) is 6.10. The van der Waals surface area contributed by atoms with Crippen LogP contribution in [-0.4, -0.2) is 38.1 Å². The Morgan fingerprint density at radius 2 is 2.00 bits per heavy atom. The van der Waals surface area contributed by atoms with Crippen molar-refractivity contribution in [2.45, 2.75) is 18.9 Å². The van der Waals surface area contributed by atoms with Crippen LogP contribution in [0.2, 0.25) is 0 Å². The molecular weight excluding hydrogens is 380 g/mol. The van der Waals surface area contributed by atoms with Gasteiger partial charge in [-0.15, -0.1) is 0 Å². The van der Waals surface area contributed by atoms with Gasteiger partial charge in [0.25, 0.3) is 0 Å². The molecule has 1 atom stereocenters. The van der Waals surface area contributed by atoms with E-state index in [-0.39, 0.29) is 11.8 Å². The molecule has 25 heavy (non-hydrogen) atoms. The molecule has 0 aliphatic carbocycles. The van der Waals surface area contributed by atoms with Gasteiger partial charge < -0.3 is 14.7 Å². The first-order chi connectivity index (χ1) is 12.2. The summed E-state index contributed by atoms with van der Waals surface area (Å²) in [5.41, 5.74) is 1.93.